The number of aliphatic hydroxyl groups is 3. The largest absolute Gasteiger partial charge is 0.426 e. The molecular formula is C11H11NO5. The number of ether oxygens (including phenoxy) is 1. The van der Waals surface area contributed by atoms with Crippen LogP contribution in [0.5, 0.6) is 0 Å². The van der Waals surface area contributed by atoms with E-state index in [1.54, 1.807) is 18.2 Å². The van der Waals surface area contributed by atoms with Gasteiger partial charge in [-0.05, 0) is 12.1 Å². The van der Waals surface area contributed by atoms with Crippen LogP contribution in [0, 0.1) is 11.3 Å². The Bertz CT molecular complexity index is 423. The van der Waals surface area contributed by atoms with Gasteiger partial charge in [0.2, 0.25) is 5.79 Å². The van der Waals surface area contributed by atoms with Crippen molar-refractivity contribution in [3.05, 3.63) is 35.9 Å². The fourth-order valence-electron chi connectivity index (χ4n) is 1.04. The molecule has 3 N–H and O–H groups in total. The molecule has 0 saturated carbocycles. The highest BCUT2D eigenvalue weighted by Crippen LogP contribution is 2.14. The second-order valence-corrected chi connectivity index (χ2v) is 3.34. The van der Waals surface area contributed by atoms with Crippen molar-refractivity contribution in [3.8, 4) is 6.07 Å². The lowest BCUT2D eigenvalue weighted by Crippen LogP contribution is -2.44. The van der Waals surface area contributed by atoms with Gasteiger partial charge in [0.05, 0.1) is 18.1 Å². The standard InChI is InChI=1S/C11H11NO5/c12-7-6-11(15,16)10(14)17-9(13)8-4-2-1-3-5-8/h1-5,10,14-16H,6H2/t10-/m0/s1. The SMILES string of the molecule is N#CCC(O)(O)[C@@H](O)OC(=O)c1ccccc1. The summed E-state index contributed by atoms with van der Waals surface area (Å²) in [6, 6.07) is 9.19. The first-order valence-electron chi connectivity index (χ1n) is 4.73. The van der Waals surface area contributed by atoms with E-state index in [1.165, 1.54) is 18.2 Å². The van der Waals surface area contributed by atoms with E-state index in [0.717, 1.165) is 0 Å². The van der Waals surface area contributed by atoms with Crippen molar-refractivity contribution < 1.29 is 24.9 Å². The van der Waals surface area contributed by atoms with E-state index in [-0.39, 0.29) is 5.56 Å². The van der Waals surface area contributed by atoms with Crippen molar-refractivity contribution in [1.82, 2.24) is 0 Å². The average molecular weight is 237 g/mol. The second kappa shape index (κ2) is 5.41. The van der Waals surface area contributed by atoms with Crippen LogP contribution in [0.4, 0.5) is 0 Å². The molecular weight excluding hydrogens is 226 g/mol. The maximum Gasteiger partial charge on any atom is 0.340 e. The lowest BCUT2D eigenvalue weighted by molar-refractivity contribution is -0.284. The number of nitrogens with zero attached hydrogens (tertiary/aromatic N) is 1. The molecule has 0 aliphatic heterocycles. The zero-order chi connectivity index (χ0) is 12.9. The summed E-state index contributed by atoms with van der Waals surface area (Å²) in [5, 5.41) is 35.9. The summed E-state index contributed by atoms with van der Waals surface area (Å²) in [7, 11) is 0. The highest BCUT2D eigenvalue weighted by atomic mass is 16.7. The van der Waals surface area contributed by atoms with Crippen molar-refractivity contribution in [2.24, 2.45) is 0 Å². The molecule has 0 bridgehead atoms. The Labute approximate surface area is 97.3 Å². The van der Waals surface area contributed by atoms with Gasteiger partial charge in [0.1, 0.15) is 0 Å². The molecule has 1 aromatic rings. The van der Waals surface area contributed by atoms with Crippen molar-refractivity contribution in [3.63, 3.8) is 0 Å². The third-order valence-corrected chi connectivity index (χ3v) is 1.96. The van der Waals surface area contributed by atoms with E-state index in [1.807, 2.05) is 0 Å². The number of nitriles is 1. The highest BCUT2D eigenvalue weighted by molar-refractivity contribution is 5.89. The lowest BCUT2D eigenvalue weighted by atomic mass is 10.2. The molecule has 6 nitrogen and oxygen atoms in total. The third-order valence-electron chi connectivity index (χ3n) is 1.96. The highest BCUT2D eigenvalue weighted by Gasteiger charge is 2.36. The Morgan fingerprint density at radius 1 is 1.41 bits per heavy atom. The third kappa shape index (κ3) is 3.53. The summed E-state index contributed by atoms with van der Waals surface area (Å²) in [6.07, 6.45) is -2.97. The summed E-state index contributed by atoms with van der Waals surface area (Å²) < 4.78 is 4.42. The summed E-state index contributed by atoms with van der Waals surface area (Å²) in [5.41, 5.74) is 0.152. The van der Waals surface area contributed by atoms with Gasteiger partial charge in [-0.25, -0.2) is 4.79 Å². The van der Waals surface area contributed by atoms with Gasteiger partial charge in [-0.3, -0.25) is 0 Å². The number of hydrogen-bond donors (Lipinski definition) is 3. The molecule has 1 aromatic carbocycles. The fourth-order valence-corrected chi connectivity index (χ4v) is 1.04. The van der Waals surface area contributed by atoms with Gasteiger partial charge in [0.15, 0.2) is 0 Å². The van der Waals surface area contributed by atoms with Gasteiger partial charge in [0, 0.05) is 0 Å². The normalized spacial score (nSPS) is 12.6. The molecule has 90 valence electrons. The van der Waals surface area contributed by atoms with Crippen molar-refractivity contribution >= 4 is 5.97 Å². The van der Waals surface area contributed by atoms with Gasteiger partial charge >= 0.3 is 5.97 Å². The van der Waals surface area contributed by atoms with E-state index in [0.29, 0.717) is 0 Å². The second-order valence-electron chi connectivity index (χ2n) is 3.34. The minimum Gasteiger partial charge on any atom is -0.426 e. The molecule has 0 amide bonds. The van der Waals surface area contributed by atoms with E-state index in [9.17, 15) is 20.1 Å². The zero-order valence-corrected chi connectivity index (χ0v) is 8.78. The van der Waals surface area contributed by atoms with Gasteiger partial charge in [-0.2, -0.15) is 5.26 Å². The molecule has 0 aliphatic rings. The predicted octanol–water partition coefficient (Wildman–Crippen LogP) is -0.244. The number of carbonyl (C=O) groups excluding carboxylic acids is 1. The molecule has 0 unspecified atom stereocenters. The molecule has 0 aromatic heterocycles. The predicted molar refractivity (Wildman–Crippen MR) is 55.3 cm³/mol. The monoisotopic (exact) mass is 237 g/mol. The first kappa shape index (κ1) is 13.1. The number of hydrogen-bond acceptors (Lipinski definition) is 6. The smallest absolute Gasteiger partial charge is 0.340 e. The summed E-state index contributed by atoms with van der Waals surface area (Å²) in [6.45, 7) is 0. The van der Waals surface area contributed by atoms with Gasteiger partial charge in [-0.1, -0.05) is 18.2 Å². The number of aliphatic hydroxyl groups excluding tert-OH is 1. The molecule has 17 heavy (non-hydrogen) atoms. The van der Waals surface area contributed by atoms with Crippen molar-refractivity contribution in [2.45, 2.75) is 18.5 Å². The Balaban J connectivity index is 2.67. The van der Waals surface area contributed by atoms with Gasteiger partial charge in [0.25, 0.3) is 6.29 Å². The van der Waals surface area contributed by atoms with Crippen LogP contribution in [0.2, 0.25) is 0 Å². The van der Waals surface area contributed by atoms with Crippen LogP contribution in [0.3, 0.4) is 0 Å². The molecule has 0 aliphatic carbocycles. The molecule has 0 heterocycles. The van der Waals surface area contributed by atoms with Crippen LogP contribution in [-0.4, -0.2) is 33.4 Å². The number of benzene rings is 1. The van der Waals surface area contributed by atoms with Crippen molar-refractivity contribution in [1.29, 1.82) is 5.26 Å². The van der Waals surface area contributed by atoms with Crippen molar-refractivity contribution in [2.75, 3.05) is 0 Å². The maximum atomic E-state index is 11.4. The van der Waals surface area contributed by atoms with Gasteiger partial charge in [-0.15, -0.1) is 0 Å². The molecule has 6 heteroatoms. The zero-order valence-electron chi connectivity index (χ0n) is 8.78. The molecule has 1 atom stereocenters. The number of rotatable bonds is 4. The van der Waals surface area contributed by atoms with Crippen LogP contribution in [0.1, 0.15) is 16.8 Å². The maximum absolute atomic E-state index is 11.4. The van der Waals surface area contributed by atoms with Crippen LogP contribution in [0.25, 0.3) is 0 Å². The molecule has 0 fully saturated rings. The van der Waals surface area contributed by atoms with Crippen LogP contribution in [0.15, 0.2) is 30.3 Å². The number of esters is 1. The fraction of sp³-hybridized carbons (Fsp3) is 0.273. The summed E-state index contributed by atoms with van der Waals surface area (Å²) in [4.78, 5) is 11.4. The topological polar surface area (TPSA) is 111 Å². The Kier molecular flexibility index (Phi) is 4.17. The van der Waals surface area contributed by atoms with E-state index < -0.39 is 24.5 Å². The molecule has 0 radical (unpaired) electrons. The first-order valence-corrected chi connectivity index (χ1v) is 4.73. The molecule has 0 saturated heterocycles. The number of carbonyl (C=O) groups is 1. The van der Waals surface area contributed by atoms with Gasteiger partial charge < -0.3 is 20.1 Å². The van der Waals surface area contributed by atoms with E-state index in [2.05, 4.69) is 4.74 Å². The minimum absolute atomic E-state index is 0.152. The Hall–Kier alpha value is -1.94. The summed E-state index contributed by atoms with van der Waals surface area (Å²) in [5.74, 6) is -3.69. The first-order chi connectivity index (χ1) is 7.97. The lowest BCUT2D eigenvalue weighted by Gasteiger charge is -2.24. The van der Waals surface area contributed by atoms with E-state index >= 15 is 0 Å². The van der Waals surface area contributed by atoms with Crippen LogP contribution in [-0.2, 0) is 4.74 Å². The summed E-state index contributed by atoms with van der Waals surface area (Å²) >= 11 is 0. The Morgan fingerprint density at radius 3 is 2.53 bits per heavy atom. The quantitative estimate of drug-likeness (QED) is 0.492. The molecule has 1 rings (SSSR count). The van der Waals surface area contributed by atoms with Crippen LogP contribution >= 0.6 is 0 Å². The van der Waals surface area contributed by atoms with Crippen LogP contribution < -0.4 is 0 Å². The average Bonchev–Trinajstić information content (AvgIpc) is 2.30. The molecule has 0 spiro atoms. The minimum atomic E-state index is -2.78. The van der Waals surface area contributed by atoms with E-state index in [4.69, 9.17) is 5.26 Å². The Morgan fingerprint density at radius 2 is 2.00 bits per heavy atom.